The van der Waals surface area contributed by atoms with Crippen LogP contribution in [0.2, 0.25) is 0 Å². The number of ether oxygens (including phenoxy) is 1. The highest BCUT2D eigenvalue weighted by atomic mass is 35.5. The number of hydrogen-bond donors (Lipinski definition) is 2. The maximum absolute atomic E-state index is 11.0. The fourth-order valence-corrected chi connectivity index (χ4v) is 0.774. The van der Waals surface area contributed by atoms with Gasteiger partial charge >= 0.3 is 11.9 Å². The van der Waals surface area contributed by atoms with Gasteiger partial charge in [-0.2, -0.15) is 0 Å². The Kier molecular flexibility index (Phi) is 9.41. The van der Waals surface area contributed by atoms with Crippen molar-refractivity contribution in [3.05, 3.63) is 0 Å². The van der Waals surface area contributed by atoms with E-state index >= 15 is 0 Å². The fraction of sp³-hybridized carbons (Fsp3) is 0.778. The summed E-state index contributed by atoms with van der Waals surface area (Å²) in [6.07, 6.45) is 0.367. The highest BCUT2D eigenvalue weighted by molar-refractivity contribution is 5.85. The number of carboxylic acid groups (broad SMARTS) is 1. The number of rotatable bonds is 6. The molecule has 0 aromatic carbocycles. The molecule has 0 saturated heterocycles. The Balaban J connectivity index is 0. The number of aliphatic carboxylic acids is 1. The summed E-state index contributed by atoms with van der Waals surface area (Å²) in [5.41, 5.74) is 5.28. The molecule has 0 bridgehead atoms. The molecule has 90 valence electrons. The smallest absolute Gasteiger partial charge is 0.323 e. The lowest BCUT2D eigenvalue weighted by atomic mass is 10.1. The second-order valence-corrected chi connectivity index (χ2v) is 3.55. The molecule has 1 atom stereocenters. The van der Waals surface area contributed by atoms with Crippen LogP contribution in [0.15, 0.2) is 0 Å². The predicted molar refractivity (Wildman–Crippen MR) is 57.9 cm³/mol. The van der Waals surface area contributed by atoms with Gasteiger partial charge in [0, 0.05) is 0 Å². The first kappa shape index (κ1) is 16.6. The molecule has 0 aromatic rings. The average molecular weight is 240 g/mol. The van der Waals surface area contributed by atoms with E-state index in [0.29, 0.717) is 12.5 Å². The van der Waals surface area contributed by atoms with Crippen LogP contribution in [0.1, 0.15) is 26.7 Å². The van der Waals surface area contributed by atoms with Crippen LogP contribution < -0.4 is 5.73 Å². The van der Waals surface area contributed by atoms with Crippen molar-refractivity contribution in [1.29, 1.82) is 0 Å². The number of esters is 1. The van der Waals surface area contributed by atoms with Crippen LogP contribution in [0.5, 0.6) is 0 Å². The minimum Gasteiger partial charge on any atom is -0.481 e. The zero-order valence-corrected chi connectivity index (χ0v) is 9.75. The SMILES string of the molecule is CC(C)CCOC(=O)[C@@H](N)CC(=O)O.Cl. The van der Waals surface area contributed by atoms with E-state index in [1.165, 1.54) is 0 Å². The monoisotopic (exact) mass is 239 g/mol. The molecule has 0 unspecified atom stereocenters. The van der Waals surface area contributed by atoms with Gasteiger partial charge in [0.05, 0.1) is 13.0 Å². The summed E-state index contributed by atoms with van der Waals surface area (Å²) in [7, 11) is 0. The summed E-state index contributed by atoms with van der Waals surface area (Å²) in [4.78, 5) is 21.3. The Bertz CT molecular complexity index is 208. The van der Waals surface area contributed by atoms with Crippen molar-refractivity contribution in [3.8, 4) is 0 Å². The Morgan fingerprint density at radius 1 is 1.40 bits per heavy atom. The average Bonchev–Trinajstić information content (AvgIpc) is 2.01. The van der Waals surface area contributed by atoms with Gasteiger partial charge in [-0.1, -0.05) is 13.8 Å². The summed E-state index contributed by atoms with van der Waals surface area (Å²) in [6.45, 7) is 4.31. The van der Waals surface area contributed by atoms with Gasteiger partial charge in [0.2, 0.25) is 0 Å². The summed E-state index contributed by atoms with van der Waals surface area (Å²) >= 11 is 0. The molecule has 0 rings (SSSR count). The molecule has 3 N–H and O–H groups in total. The standard InChI is InChI=1S/C9H17NO4.ClH/c1-6(2)3-4-14-9(13)7(10)5-8(11)12;/h6-7H,3-5,10H2,1-2H3,(H,11,12);1H/t7-;/m0./s1. The van der Waals surface area contributed by atoms with E-state index in [2.05, 4.69) is 0 Å². The normalized spacial score (nSPS) is 11.7. The van der Waals surface area contributed by atoms with Crippen molar-refractivity contribution in [2.75, 3.05) is 6.61 Å². The summed E-state index contributed by atoms with van der Waals surface area (Å²) < 4.78 is 4.79. The zero-order chi connectivity index (χ0) is 11.1. The predicted octanol–water partition coefficient (Wildman–Crippen LogP) is 0.799. The molecule has 0 heterocycles. The molecule has 0 saturated carbocycles. The molecule has 6 heteroatoms. The third kappa shape index (κ3) is 9.49. The van der Waals surface area contributed by atoms with Crippen LogP contribution in [-0.2, 0) is 14.3 Å². The van der Waals surface area contributed by atoms with Crippen LogP contribution in [0.4, 0.5) is 0 Å². The highest BCUT2D eigenvalue weighted by Gasteiger charge is 2.18. The second kappa shape index (κ2) is 8.49. The summed E-state index contributed by atoms with van der Waals surface area (Å²) in [6, 6.07) is -1.06. The largest absolute Gasteiger partial charge is 0.481 e. The third-order valence-corrected chi connectivity index (χ3v) is 1.64. The first-order valence-corrected chi connectivity index (χ1v) is 4.57. The fourth-order valence-electron chi connectivity index (χ4n) is 0.774. The van der Waals surface area contributed by atoms with Gasteiger partial charge in [0.15, 0.2) is 0 Å². The summed E-state index contributed by atoms with van der Waals surface area (Å²) in [5.74, 6) is -1.30. The number of carbonyl (C=O) groups is 2. The van der Waals surface area contributed by atoms with Gasteiger partial charge < -0.3 is 15.6 Å². The second-order valence-electron chi connectivity index (χ2n) is 3.55. The molecular formula is C9H18ClNO4. The van der Waals surface area contributed by atoms with E-state index < -0.39 is 18.0 Å². The minimum atomic E-state index is -1.10. The zero-order valence-electron chi connectivity index (χ0n) is 8.93. The van der Waals surface area contributed by atoms with E-state index in [1.54, 1.807) is 0 Å². The van der Waals surface area contributed by atoms with Crippen molar-refractivity contribution in [3.63, 3.8) is 0 Å². The molecule has 0 radical (unpaired) electrons. The maximum Gasteiger partial charge on any atom is 0.323 e. The van der Waals surface area contributed by atoms with Gasteiger partial charge in [-0.3, -0.25) is 9.59 Å². The molecular weight excluding hydrogens is 222 g/mol. The molecule has 0 spiro atoms. The van der Waals surface area contributed by atoms with Crippen molar-refractivity contribution >= 4 is 24.3 Å². The lowest BCUT2D eigenvalue weighted by Crippen LogP contribution is -2.34. The van der Waals surface area contributed by atoms with Gasteiger partial charge in [0.25, 0.3) is 0 Å². The molecule has 0 aliphatic heterocycles. The number of hydrogen-bond acceptors (Lipinski definition) is 4. The quantitative estimate of drug-likeness (QED) is 0.669. The molecule has 15 heavy (non-hydrogen) atoms. The molecule has 0 amide bonds. The Hall–Kier alpha value is -0.810. The Morgan fingerprint density at radius 3 is 2.33 bits per heavy atom. The van der Waals surface area contributed by atoms with Gasteiger partial charge in [-0.05, 0) is 12.3 Å². The van der Waals surface area contributed by atoms with E-state index in [9.17, 15) is 9.59 Å². The molecule has 5 nitrogen and oxygen atoms in total. The lowest BCUT2D eigenvalue weighted by molar-refractivity contribution is -0.149. The van der Waals surface area contributed by atoms with E-state index in [1.807, 2.05) is 13.8 Å². The minimum absolute atomic E-state index is 0. The molecule has 0 aromatic heterocycles. The molecule has 0 aliphatic carbocycles. The number of carboxylic acids is 1. The van der Waals surface area contributed by atoms with Crippen LogP contribution in [0.3, 0.4) is 0 Å². The van der Waals surface area contributed by atoms with Crippen molar-refractivity contribution in [2.45, 2.75) is 32.7 Å². The van der Waals surface area contributed by atoms with Crippen molar-refractivity contribution in [2.24, 2.45) is 11.7 Å². The van der Waals surface area contributed by atoms with Crippen molar-refractivity contribution in [1.82, 2.24) is 0 Å². The molecule has 0 aliphatic rings. The van der Waals surface area contributed by atoms with E-state index in [4.69, 9.17) is 15.6 Å². The maximum atomic E-state index is 11.0. The first-order chi connectivity index (χ1) is 6.43. The number of halogens is 1. The van der Waals surface area contributed by atoms with Gasteiger partial charge in [-0.15, -0.1) is 12.4 Å². The van der Waals surface area contributed by atoms with Crippen LogP contribution >= 0.6 is 12.4 Å². The number of nitrogens with two attached hydrogens (primary N) is 1. The van der Waals surface area contributed by atoms with E-state index in [0.717, 1.165) is 6.42 Å². The Labute approximate surface area is 95.4 Å². The van der Waals surface area contributed by atoms with Crippen LogP contribution in [0, 0.1) is 5.92 Å². The van der Waals surface area contributed by atoms with Gasteiger partial charge in [-0.25, -0.2) is 0 Å². The first-order valence-electron chi connectivity index (χ1n) is 4.57. The van der Waals surface area contributed by atoms with Crippen LogP contribution in [-0.4, -0.2) is 29.7 Å². The lowest BCUT2D eigenvalue weighted by Gasteiger charge is -2.10. The summed E-state index contributed by atoms with van der Waals surface area (Å²) in [5, 5.41) is 8.36. The van der Waals surface area contributed by atoms with Crippen molar-refractivity contribution < 1.29 is 19.4 Å². The third-order valence-electron chi connectivity index (χ3n) is 1.64. The topological polar surface area (TPSA) is 89.6 Å². The highest BCUT2D eigenvalue weighted by Crippen LogP contribution is 2.00. The van der Waals surface area contributed by atoms with Gasteiger partial charge in [0.1, 0.15) is 6.04 Å². The number of carbonyl (C=O) groups excluding carboxylic acids is 1. The van der Waals surface area contributed by atoms with E-state index in [-0.39, 0.29) is 18.8 Å². The molecule has 0 fully saturated rings. The van der Waals surface area contributed by atoms with Crippen LogP contribution in [0.25, 0.3) is 0 Å². The Morgan fingerprint density at radius 2 is 1.93 bits per heavy atom.